The van der Waals surface area contributed by atoms with Gasteiger partial charge in [-0.05, 0) is 6.42 Å². The zero-order valence-electron chi connectivity index (χ0n) is 6.57. The van der Waals surface area contributed by atoms with E-state index < -0.39 is 9.05 Å². The van der Waals surface area contributed by atoms with Gasteiger partial charge in [-0.25, -0.2) is 8.42 Å². The molecule has 0 bridgehead atoms. The van der Waals surface area contributed by atoms with Crippen LogP contribution in [0.2, 0.25) is 0 Å². The first kappa shape index (κ1) is 9.54. The van der Waals surface area contributed by atoms with Crippen molar-refractivity contribution < 1.29 is 8.42 Å². The van der Waals surface area contributed by atoms with Crippen molar-refractivity contribution in [3.05, 3.63) is 12.4 Å². The van der Waals surface area contributed by atoms with Gasteiger partial charge in [0.15, 0.2) is 0 Å². The van der Waals surface area contributed by atoms with Gasteiger partial charge in [0, 0.05) is 23.4 Å². The summed E-state index contributed by atoms with van der Waals surface area (Å²) in [5.74, 6) is 0. The molecule has 0 amide bonds. The molecule has 1 aromatic rings. The molecule has 0 aromatic carbocycles. The number of hydrogen-bond acceptors (Lipinski definition) is 3. The lowest BCUT2D eigenvalue weighted by Gasteiger charge is -1.93. The highest BCUT2D eigenvalue weighted by atomic mass is 35.7. The molecular formula is C6H9ClN2O2S. The lowest BCUT2D eigenvalue weighted by atomic mass is 10.5. The van der Waals surface area contributed by atoms with E-state index in [9.17, 15) is 8.42 Å². The Labute approximate surface area is 75.6 Å². The first-order valence-electron chi connectivity index (χ1n) is 3.51. The Kier molecular flexibility index (Phi) is 2.74. The Morgan fingerprint density at radius 3 is 2.75 bits per heavy atom. The fourth-order valence-electron chi connectivity index (χ4n) is 0.822. The van der Waals surface area contributed by atoms with Crippen molar-refractivity contribution in [3.8, 4) is 0 Å². The maximum Gasteiger partial charge on any atom is 0.264 e. The number of rotatable bonds is 3. The molecule has 0 fully saturated rings. The molecule has 0 atom stereocenters. The van der Waals surface area contributed by atoms with E-state index in [-0.39, 0.29) is 4.90 Å². The average Bonchev–Trinajstić information content (AvgIpc) is 2.35. The van der Waals surface area contributed by atoms with Crippen LogP contribution in [0.3, 0.4) is 0 Å². The van der Waals surface area contributed by atoms with Crippen molar-refractivity contribution in [2.24, 2.45) is 0 Å². The first-order valence-corrected chi connectivity index (χ1v) is 5.82. The number of nitrogens with zero attached hydrogens (tertiary/aromatic N) is 2. The van der Waals surface area contributed by atoms with Crippen molar-refractivity contribution in [3.63, 3.8) is 0 Å². The molecule has 0 aliphatic carbocycles. The van der Waals surface area contributed by atoms with Crippen molar-refractivity contribution >= 4 is 19.7 Å². The molecule has 0 spiro atoms. The first-order chi connectivity index (χ1) is 5.54. The summed E-state index contributed by atoms with van der Waals surface area (Å²) in [4.78, 5) is 0.0533. The third-order valence-electron chi connectivity index (χ3n) is 1.34. The SMILES string of the molecule is CCCn1cc(S(=O)(=O)Cl)cn1. The Morgan fingerprint density at radius 2 is 2.33 bits per heavy atom. The van der Waals surface area contributed by atoms with Crippen molar-refractivity contribution in [2.45, 2.75) is 24.8 Å². The van der Waals surface area contributed by atoms with Gasteiger partial charge in [0.25, 0.3) is 9.05 Å². The summed E-state index contributed by atoms with van der Waals surface area (Å²) in [6.45, 7) is 2.68. The van der Waals surface area contributed by atoms with E-state index in [4.69, 9.17) is 10.7 Å². The molecule has 0 aliphatic rings. The standard InChI is InChI=1S/C6H9ClN2O2S/c1-2-3-9-5-6(4-8-9)12(7,10)11/h4-5H,2-3H2,1H3. The Hall–Kier alpha value is -0.550. The number of hydrogen-bond donors (Lipinski definition) is 0. The van der Waals surface area contributed by atoms with Gasteiger partial charge in [0.1, 0.15) is 4.90 Å². The molecule has 1 heterocycles. The van der Waals surface area contributed by atoms with Crippen LogP contribution < -0.4 is 0 Å². The van der Waals surface area contributed by atoms with Crippen LogP contribution >= 0.6 is 10.7 Å². The molecule has 0 saturated heterocycles. The summed E-state index contributed by atoms with van der Waals surface area (Å²) < 4.78 is 23.1. The maximum absolute atomic E-state index is 10.8. The van der Waals surface area contributed by atoms with Gasteiger partial charge >= 0.3 is 0 Å². The molecule has 0 unspecified atom stereocenters. The van der Waals surface area contributed by atoms with Crippen LogP contribution in [0, 0.1) is 0 Å². The summed E-state index contributed by atoms with van der Waals surface area (Å²) in [6, 6.07) is 0. The minimum atomic E-state index is -3.61. The van der Waals surface area contributed by atoms with Crippen molar-refractivity contribution in [2.75, 3.05) is 0 Å². The van der Waals surface area contributed by atoms with E-state index in [0.717, 1.165) is 6.42 Å². The monoisotopic (exact) mass is 208 g/mol. The lowest BCUT2D eigenvalue weighted by Crippen LogP contribution is -1.96. The summed E-state index contributed by atoms with van der Waals surface area (Å²) in [7, 11) is 1.48. The second-order valence-corrected chi connectivity index (χ2v) is 4.94. The average molecular weight is 209 g/mol. The van der Waals surface area contributed by atoms with E-state index in [1.807, 2.05) is 6.92 Å². The number of aryl methyl sites for hydroxylation is 1. The van der Waals surface area contributed by atoms with E-state index in [0.29, 0.717) is 6.54 Å². The third kappa shape index (κ3) is 2.22. The highest BCUT2D eigenvalue weighted by Gasteiger charge is 2.11. The molecule has 12 heavy (non-hydrogen) atoms. The fraction of sp³-hybridized carbons (Fsp3) is 0.500. The molecule has 0 saturated carbocycles. The molecule has 1 aromatic heterocycles. The van der Waals surface area contributed by atoms with Gasteiger partial charge in [-0.2, -0.15) is 5.10 Å². The largest absolute Gasteiger partial charge is 0.271 e. The zero-order valence-corrected chi connectivity index (χ0v) is 8.14. The Morgan fingerprint density at radius 1 is 1.67 bits per heavy atom. The predicted molar refractivity (Wildman–Crippen MR) is 45.6 cm³/mol. The van der Waals surface area contributed by atoms with E-state index in [1.54, 1.807) is 4.68 Å². The Bertz CT molecular complexity index is 357. The number of halogens is 1. The van der Waals surface area contributed by atoms with Gasteiger partial charge in [-0.1, -0.05) is 6.92 Å². The van der Waals surface area contributed by atoms with E-state index in [1.165, 1.54) is 12.4 Å². The minimum absolute atomic E-state index is 0.0533. The molecule has 0 N–H and O–H groups in total. The highest BCUT2D eigenvalue weighted by molar-refractivity contribution is 8.13. The molecule has 68 valence electrons. The van der Waals surface area contributed by atoms with Crippen molar-refractivity contribution in [1.29, 1.82) is 0 Å². The summed E-state index contributed by atoms with van der Waals surface area (Å²) >= 11 is 0. The molecule has 6 heteroatoms. The van der Waals surface area contributed by atoms with Crippen molar-refractivity contribution in [1.82, 2.24) is 9.78 Å². The van der Waals surface area contributed by atoms with Crippen LogP contribution in [0.15, 0.2) is 17.3 Å². The highest BCUT2D eigenvalue weighted by Crippen LogP contribution is 2.12. The Balaban J connectivity index is 2.92. The zero-order chi connectivity index (χ0) is 9.19. The van der Waals surface area contributed by atoms with Gasteiger partial charge in [-0.3, -0.25) is 4.68 Å². The molecule has 1 rings (SSSR count). The minimum Gasteiger partial charge on any atom is -0.271 e. The van der Waals surface area contributed by atoms with E-state index >= 15 is 0 Å². The van der Waals surface area contributed by atoms with Crippen LogP contribution in [0.1, 0.15) is 13.3 Å². The van der Waals surface area contributed by atoms with Crippen LogP contribution in [-0.2, 0) is 15.6 Å². The fourth-order valence-corrected chi connectivity index (χ4v) is 1.48. The van der Waals surface area contributed by atoms with Crippen LogP contribution in [0.4, 0.5) is 0 Å². The van der Waals surface area contributed by atoms with Crippen LogP contribution in [0.25, 0.3) is 0 Å². The van der Waals surface area contributed by atoms with Gasteiger partial charge in [0.05, 0.1) is 6.20 Å². The number of aromatic nitrogens is 2. The van der Waals surface area contributed by atoms with Crippen LogP contribution in [0.5, 0.6) is 0 Å². The van der Waals surface area contributed by atoms with Crippen LogP contribution in [-0.4, -0.2) is 18.2 Å². The summed E-state index contributed by atoms with van der Waals surface area (Å²) in [5.41, 5.74) is 0. The van der Waals surface area contributed by atoms with Gasteiger partial charge in [-0.15, -0.1) is 0 Å². The molecule has 0 radical (unpaired) electrons. The quantitative estimate of drug-likeness (QED) is 0.702. The van der Waals surface area contributed by atoms with Gasteiger partial charge < -0.3 is 0 Å². The normalized spacial score (nSPS) is 11.8. The second kappa shape index (κ2) is 3.45. The molecule has 0 aliphatic heterocycles. The third-order valence-corrected chi connectivity index (χ3v) is 2.65. The summed E-state index contributed by atoms with van der Waals surface area (Å²) in [6.07, 6.45) is 3.58. The smallest absolute Gasteiger partial charge is 0.264 e. The lowest BCUT2D eigenvalue weighted by molar-refractivity contribution is 0.598. The predicted octanol–water partition coefficient (Wildman–Crippen LogP) is 1.22. The molecule has 4 nitrogen and oxygen atoms in total. The molecular weight excluding hydrogens is 200 g/mol. The summed E-state index contributed by atoms with van der Waals surface area (Å²) in [5, 5.41) is 3.83. The topological polar surface area (TPSA) is 52.0 Å². The second-order valence-electron chi connectivity index (χ2n) is 2.38. The van der Waals surface area contributed by atoms with E-state index in [2.05, 4.69) is 5.10 Å². The maximum atomic E-state index is 10.8. The van der Waals surface area contributed by atoms with Gasteiger partial charge in [0.2, 0.25) is 0 Å².